The highest BCUT2D eigenvalue weighted by Gasteiger charge is 2.55. The molecule has 0 fully saturated rings. The molecule has 0 aliphatic carbocycles. The van der Waals surface area contributed by atoms with E-state index in [1.54, 1.807) is 17.5 Å². The Labute approximate surface area is 156 Å². The van der Waals surface area contributed by atoms with Crippen LogP contribution in [0.1, 0.15) is 11.8 Å². The number of thiophene rings is 1. The van der Waals surface area contributed by atoms with Gasteiger partial charge >= 0.3 is 6.18 Å². The lowest BCUT2D eigenvalue weighted by Crippen LogP contribution is -2.52. The molecule has 1 aromatic heterocycles. The van der Waals surface area contributed by atoms with Gasteiger partial charge < -0.3 is 10.4 Å². The van der Waals surface area contributed by atoms with Gasteiger partial charge in [0, 0.05) is 4.88 Å². The van der Waals surface area contributed by atoms with E-state index in [2.05, 4.69) is 0 Å². The minimum atomic E-state index is -5.19. The van der Waals surface area contributed by atoms with Crippen molar-refractivity contribution < 1.29 is 31.5 Å². The van der Waals surface area contributed by atoms with Crippen molar-refractivity contribution in [3.8, 4) is 0 Å². The fourth-order valence-electron chi connectivity index (χ4n) is 1.83. The maximum atomic E-state index is 12.7. The Hall–Kier alpha value is -1.62. The summed E-state index contributed by atoms with van der Waals surface area (Å²) >= 11 is 7.15. The molecule has 1 heterocycles. The maximum absolute atomic E-state index is 12.7. The van der Waals surface area contributed by atoms with Crippen LogP contribution in [0.15, 0.2) is 40.6 Å². The lowest BCUT2D eigenvalue weighted by molar-refractivity contribution is -0.242. The molecule has 11 heteroatoms. The normalized spacial score (nSPS) is 14.7. The summed E-state index contributed by atoms with van der Waals surface area (Å²) in [4.78, 5) is 12.1. The SMILES string of the molecule is CC(O)(C(=O)Nc1ccc(S(=O)(=O)Cc2cccs2)cc1Cl)C(F)(F)F. The van der Waals surface area contributed by atoms with Crippen LogP contribution in [0.2, 0.25) is 5.02 Å². The minimum Gasteiger partial charge on any atom is -0.373 e. The van der Waals surface area contributed by atoms with Crippen molar-refractivity contribution in [1.29, 1.82) is 0 Å². The van der Waals surface area contributed by atoms with Crippen molar-refractivity contribution in [3.05, 3.63) is 45.6 Å². The summed E-state index contributed by atoms with van der Waals surface area (Å²) in [5.41, 5.74) is -3.88. The molecule has 2 rings (SSSR count). The fraction of sp³-hybridized carbons (Fsp3) is 0.267. The topological polar surface area (TPSA) is 83.5 Å². The third-order valence-corrected chi connectivity index (χ3v) is 6.49. The van der Waals surface area contributed by atoms with Crippen molar-refractivity contribution in [2.75, 3.05) is 5.32 Å². The third kappa shape index (κ3) is 4.37. The molecule has 1 unspecified atom stereocenters. The first-order valence-corrected chi connectivity index (χ1v) is 9.91. The van der Waals surface area contributed by atoms with Crippen LogP contribution < -0.4 is 5.32 Å². The molecule has 0 saturated heterocycles. The van der Waals surface area contributed by atoms with Gasteiger partial charge in [0.25, 0.3) is 5.91 Å². The smallest absolute Gasteiger partial charge is 0.373 e. The van der Waals surface area contributed by atoms with Gasteiger partial charge in [0.2, 0.25) is 5.60 Å². The summed E-state index contributed by atoms with van der Waals surface area (Å²) in [6, 6.07) is 6.56. The van der Waals surface area contributed by atoms with Crippen LogP contribution in [0, 0.1) is 0 Å². The van der Waals surface area contributed by atoms with Gasteiger partial charge in [-0.1, -0.05) is 17.7 Å². The Balaban J connectivity index is 2.23. The van der Waals surface area contributed by atoms with Gasteiger partial charge in [-0.25, -0.2) is 8.42 Å². The molecule has 1 aromatic carbocycles. The molecule has 1 atom stereocenters. The lowest BCUT2D eigenvalue weighted by Gasteiger charge is -2.25. The highest BCUT2D eigenvalue weighted by Crippen LogP contribution is 2.33. The van der Waals surface area contributed by atoms with Gasteiger partial charge in [-0.2, -0.15) is 13.2 Å². The first-order chi connectivity index (χ1) is 11.8. The molecule has 26 heavy (non-hydrogen) atoms. The Morgan fingerprint density at radius 3 is 2.46 bits per heavy atom. The quantitative estimate of drug-likeness (QED) is 0.763. The fourth-order valence-corrected chi connectivity index (χ4v) is 4.56. The van der Waals surface area contributed by atoms with E-state index in [-0.39, 0.29) is 21.4 Å². The molecule has 0 saturated carbocycles. The summed E-state index contributed by atoms with van der Waals surface area (Å²) in [5, 5.41) is 12.6. The second-order valence-electron chi connectivity index (χ2n) is 5.50. The molecule has 1 amide bonds. The number of carbonyl (C=O) groups is 1. The maximum Gasteiger partial charge on any atom is 0.426 e. The summed E-state index contributed by atoms with van der Waals surface area (Å²) in [6.45, 7) is 0.302. The van der Waals surface area contributed by atoms with Crippen LogP contribution in [0.3, 0.4) is 0 Å². The van der Waals surface area contributed by atoms with E-state index in [4.69, 9.17) is 11.6 Å². The van der Waals surface area contributed by atoms with E-state index in [1.165, 1.54) is 11.3 Å². The number of anilines is 1. The van der Waals surface area contributed by atoms with E-state index < -0.39 is 27.5 Å². The van der Waals surface area contributed by atoms with Crippen molar-refractivity contribution in [2.24, 2.45) is 0 Å². The van der Waals surface area contributed by atoms with Crippen molar-refractivity contribution in [1.82, 2.24) is 0 Å². The predicted octanol–water partition coefficient (Wildman–Crippen LogP) is 3.63. The molecular formula is C15H13ClF3NO4S2. The number of rotatable bonds is 5. The number of nitrogens with one attached hydrogen (secondary N) is 1. The standard InChI is InChI=1S/C15H13ClF3NO4S2/c1-14(22,15(17,18)19)13(21)20-12-5-4-10(7-11(12)16)26(23,24)8-9-3-2-6-25-9/h2-7,22H,8H2,1H3,(H,20,21). The van der Waals surface area contributed by atoms with E-state index in [0.29, 0.717) is 11.8 Å². The number of benzene rings is 1. The number of carbonyl (C=O) groups excluding carboxylic acids is 1. The van der Waals surface area contributed by atoms with E-state index >= 15 is 0 Å². The van der Waals surface area contributed by atoms with E-state index in [9.17, 15) is 31.5 Å². The average Bonchev–Trinajstić information content (AvgIpc) is 3.00. The molecule has 0 aliphatic heterocycles. The number of halogens is 4. The summed E-state index contributed by atoms with van der Waals surface area (Å²) in [5.74, 6) is -1.99. The molecule has 0 aliphatic rings. The number of amides is 1. The van der Waals surface area contributed by atoms with Crippen LogP contribution in [-0.2, 0) is 20.4 Å². The number of hydrogen-bond acceptors (Lipinski definition) is 5. The number of hydrogen-bond donors (Lipinski definition) is 2. The number of alkyl halides is 3. The Bertz CT molecular complexity index is 909. The van der Waals surface area contributed by atoms with Gasteiger partial charge in [-0.3, -0.25) is 4.79 Å². The first-order valence-electron chi connectivity index (χ1n) is 7.00. The number of sulfone groups is 1. The van der Waals surface area contributed by atoms with Gasteiger partial charge in [0.05, 0.1) is 21.4 Å². The third-order valence-electron chi connectivity index (χ3n) is 3.45. The average molecular weight is 428 g/mol. The van der Waals surface area contributed by atoms with Gasteiger partial charge in [-0.05, 0) is 36.6 Å². The highest BCUT2D eigenvalue weighted by atomic mass is 35.5. The summed E-state index contributed by atoms with van der Waals surface area (Å²) in [7, 11) is -3.72. The largest absolute Gasteiger partial charge is 0.426 e. The zero-order valence-electron chi connectivity index (χ0n) is 13.2. The second kappa shape index (κ2) is 7.18. The molecule has 5 nitrogen and oxygen atoms in total. The van der Waals surface area contributed by atoms with Gasteiger partial charge in [0.15, 0.2) is 9.84 Å². The zero-order valence-corrected chi connectivity index (χ0v) is 15.6. The van der Waals surface area contributed by atoms with Crippen LogP contribution in [-0.4, -0.2) is 31.2 Å². The van der Waals surface area contributed by atoms with Crippen LogP contribution >= 0.6 is 22.9 Å². The van der Waals surface area contributed by atoms with Gasteiger partial charge in [-0.15, -0.1) is 11.3 Å². The molecule has 142 valence electrons. The van der Waals surface area contributed by atoms with Crippen molar-refractivity contribution in [3.63, 3.8) is 0 Å². The first kappa shape index (κ1) is 20.7. The second-order valence-corrected chi connectivity index (χ2v) is 8.93. The zero-order chi connectivity index (χ0) is 19.8. The van der Waals surface area contributed by atoms with Crippen molar-refractivity contribution in [2.45, 2.75) is 29.3 Å². The van der Waals surface area contributed by atoms with Gasteiger partial charge in [0.1, 0.15) is 0 Å². The Morgan fingerprint density at radius 2 is 1.96 bits per heavy atom. The van der Waals surface area contributed by atoms with Crippen LogP contribution in [0.4, 0.5) is 18.9 Å². The molecule has 0 spiro atoms. The predicted molar refractivity (Wildman–Crippen MR) is 92.0 cm³/mol. The molecule has 0 bridgehead atoms. The number of aliphatic hydroxyl groups is 1. The highest BCUT2D eigenvalue weighted by molar-refractivity contribution is 7.90. The van der Waals surface area contributed by atoms with Crippen LogP contribution in [0.25, 0.3) is 0 Å². The molecule has 2 aromatic rings. The molecule has 0 radical (unpaired) electrons. The van der Waals surface area contributed by atoms with E-state index in [1.807, 2.05) is 5.32 Å². The lowest BCUT2D eigenvalue weighted by atomic mass is 10.1. The minimum absolute atomic E-state index is 0.142. The molecular weight excluding hydrogens is 415 g/mol. The monoisotopic (exact) mass is 427 g/mol. The Kier molecular flexibility index (Phi) is 5.71. The van der Waals surface area contributed by atoms with Crippen LogP contribution in [0.5, 0.6) is 0 Å². The summed E-state index contributed by atoms with van der Waals surface area (Å²) in [6.07, 6.45) is -5.19. The summed E-state index contributed by atoms with van der Waals surface area (Å²) < 4.78 is 62.7. The van der Waals surface area contributed by atoms with E-state index in [0.717, 1.165) is 18.2 Å². The van der Waals surface area contributed by atoms with Crippen molar-refractivity contribution >= 4 is 44.4 Å². The molecule has 2 N–H and O–H groups in total. The Morgan fingerprint density at radius 1 is 1.31 bits per heavy atom.